The SMILES string of the molecule is O=C(CC1CCCC1)NC(Cc1ccccc1)(c1cccc(C(F)(F)F)c1)c1ccc(Cl)cn1. The zero-order valence-corrected chi connectivity index (χ0v) is 19.4. The maximum Gasteiger partial charge on any atom is 0.416 e. The zero-order valence-electron chi connectivity index (χ0n) is 18.6. The molecule has 1 atom stereocenters. The van der Waals surface area contributed by atoms with Gasteiger partial charge in [0.15, 0.2) is 0 Å². The fourth-order valence-electron chi connectivity index (χ4n) is 4.78. The van der Waals surface area contributed by atoms with Gasteiger partial charge in [-0.15, -0.1) is 0 Å². The highest BCUT2D eigenvalue weighted by Crippen LogP contribution is 2.37. The molecular weight excluding hydrogens is 461 g/mol. The minimum atomic E-state index is -4.52. The number of amides is 1. The molecule has 1 amide bonds. The summed E-state index contributed by atoms with van der Waals surface area (Å²) in [5.74, 6) is 0.0890. The summed E-state index contributed by atoms with van der Waals surface area (Å²) in [5.41, 5.74) is -0.469. The van der Waals surface area contributed by atoms with Crippen LogP contribution < -0.4 is 5.32 Å². The molecule has 0 saturated heterocycles. The number of carbonyl (C=O) groups is 1. The predicted octanol–water partition coefficient (Wildman–Crippen LogP) is 6.94. The summed E-state index contributed by atoms with van der Waals surface area (Å²) in [6.07, 6.45) is 1.68. The molecule has 1 saturated carbocycles. The molecule has 0 radical (unpaired) electrons. The Labute approximate surface area is 202 Å². The highest BCUT2D eigenvalue weighted by Gasteiger charge is 2.40. The lowest BCUT2D eigenvalue weighted by Gasteiger charge is -2.36. The van der Waals surface area contributed by atoms with Crippen molar-refractivity contribution in [1.82, 2.24) is 10.3 Å². The third-order valence-corrected chi connectivity index (χ3v) is 6.68. The zero-order chi connectivity index (χ0) is 24.2. The van der Waals surface area contributed by atoms with E-state index in [2.05, 4.69) is 10.3 Å². The first-order valence-corrected chi connectivity index (χ1v) is 11.8. The van der Waals surface area contributed by atoms with Crippen molar-refractivity contribution in [1.29, 1.82) is 0 Å². The van der Waals surface area contributed by atoms with Crippen molar-refractivity contribution in [3.63, 3.8) is 0 Å². The molecule has 1 fully saturated rings. The number of carbonyl (C=O) groups excluding carboxylic acids is 1. The van der Waals surface area contributed by atoms with E-state index in [1.54, 1.807) is 18.2 Å². The van der Waals surface area contributed by atoms with Crippen LogP contribution in [-0.2, 0) is 22.9 Å². The van der Waals surface area contributed by atoms with Gasteiger partial charge in [-0.25, -0.2) is 0 Å². The molecule has 3 nitrogen and oxygen atoms in total. The van der Waals surface area contributed by atoms with Gasteiger partial charge in [0.05, 0.1) is 16.3 Å². The molecule has 0 spiro atoms. The van der Waals surface area contributed by atoms with Crippen molar-refractivity contribution in [3.05, 3.63) is 100 Å². The Morgan fingerprint density at radius 2 is 1.68 bits per heavy atom. The summed E-state index contributed by atoms with van der Waals surface area (Å²) in [5, 5.41) is 3.53. The normalized spacial score (nSPS) is 16.2. The number of nitrogens with one attached hydrogen (secondary N) is 1. The molecule has 3 aromatic rings. The van der Waals surface area contributed by atoms with E-state index in [4.69, 9.17) is 11.6 Å². The van der Waals surface area contributed by atoms with Gasteiger partial charge in [0.2, 0.25) is 5.91 Å². The number of alkyl halides is 3. The highest BCUT2D eigenvalue weighted by atomic mass is 35.5. The van der Waals surface area contributed by atoms with E-state index in [1.807, 2.05) is 30.3 Å². The molecule has 1 N–H and O–H groups in total. The molecule has 1 aromatic heterocycles. The van der Waals surface area contributed by atoms with Crippen LogP contribution in [0.25, 0.3) is 0 Å². The third-order valence-electron chi connectivity index (χ3n) is 6.46. The monoisotopic (exact) mass is 486 g/mol. The summed E-state index contributed by atoms with van der Waals surface area (Å²) in [6.45, 7) is 0. The van der Waals surface area contributed by atoms with E-state index >= 15 is 0 Å². The highest BCUT2D eigenvalue weighted by molar-refractivity contribution is 6.30. The van der Waals surface area contributed by atoms with Gasteiger partial charge in [-0.3, -0.25) is 9.78 Å². The lowest BCUT2D eigenvalue weighted by Crippen LogP contribution is -2.49. The number of nitrogens with zero attached hydrogens (tertiary/aromatic N) is 1. The maximum absolute atomic E-state index is 13.7. The number of pyridine rings is 1. The Balaban J connectivity index is 1.85. The number of hydrogen-bond donors (Lipinski definition) is 1. The van der Waals surface area contributed by atoms with E-state index < -0.39 is 17.3 Å². The summed E-state index contributed by atoms with van der Waals surface area (Å²) in [7, 11) is 0. The first kappa shape index (κ1) is 24.3. The van der Waals surface area contributed by atoms with Crippen LogP contribution in [0.4, 0.5) is 13.2 Å². The first-order chi connectivity index (χ1) is 16.3. The number of benzene rings is 2. The van der Waals surface area contributed by atoms with Crippen LogP contribution in [-0.4, -0.2) is 10.9 Å². The molecule has 2 aromatic carbocycles. The van der Waals surface area contributed by atoms with E-state index in [0.29, 0.717) is 22.7 Å². The molecular formula is C27H26ClF3N2O. The van der Waals surface area contributed by atoms with Gasteiger partial charge in [0.1, 0.15) is 5.54 Å². The minimum Gasteiger partial charge on any atom is -0.341 e. The molecule has 7 heteroatoms. The largest absolute Gasteiger partial charge is 0.416 e. The van der Waals surface area contributed by atoms with Gasteiger partial charge in [-0.2, -0.15) is 13.2 Å². The molecule has 1 aliphatic carbocycles. The first-order valence-electron chi connectivity index (χ1n) is 11.4. The molecule has 1 aliphatic rings. The van der Waals surface area contributed by atoms with Crippen molar-refractivity contribution in [2.24, 2.45) is 5.92 Å². The van der Waals surface area contributed by atoms with E-state index in [-0.39, 0.29) is 18.2 Å². The molecule has 1 heterocycles. The Morgan fingerprint density at radius 3 is 2.32 bits per heavy atom. The van der Waals surface area contributed by atoms with Gasteiger partial charge in [-0.1, -0.05) is 66.9 Å². The smallest absolute Gasteiger partial charge is 0.341 e. The van der Waals surface area contributed by atoms with Crippen molar-refractivity contribution < 1.29 is 18.0 Å². The second-order valence-electron chi connectivity index (χ2n) is 8.91. The molecule has 0 bridgehead atoms. The van der Waals surface area contributed by atoms with Crippen molar-refractivity contribution >= 4 is 17.5 Å². The Bertz CT molecular complexity index is 1110. The average molecular weight is 487 g/mol. The standard InChI is InChI=1S/C27H26ClF3N2O/c28-23-13-14-24(32-18-23)26(17-20-9-2-1-3-10-20,33-25(34)15-19-7-4-5-8-19)21-11-6-12-22(16-21)27(29,30)31/h1-3,6,9-14,16,18-19H,4-5,7-8,15,17H2,(H,33,34). The second kappa shape index (κ2) is 10.2. The van der Waals surface area contributed by atoms with Crippen molar-refractivity contribution in [2.75, 3.05) is 0 Å². The number of aromatic nitrogens is 1. The maximum atomic E-state index is 13.7. The van der Waals surface area contributed by atoms with Gasteiger partial charge in [0.25, 0.3) is 0 Å². The van der Waals surface area contributed by atoms with Gasteiger partial charge in [0, 0.05) is 19.0 Å². The third kappa shape index (κ3) is 5.61. The van der Waals surface area contributed by atoms with Crippen LogP contribution in [0.1, 0.15) is 54.5 Å². The lowest BCUT2D eigenvalue weighted by atomic mass is 9.79. The van der Waals surface area contributed by atoms with Crippen LogP contribution in [0, 0.1) is 5.92 Å². The van der Waals surface area contributed by atoms with E-state index in [0.717, 1.165) is 43.4 Å². The summed E-state index contributed by atoms with van der Waals surface area (Å²) < 4.78 is 41.0. The molecule has 1 unspecified atom stereocenters. The van der Waals surface area contributed by atoms with Crippen molar-refractivity contribution in [3.8, 4) is 0 Å². The van der Waals surface area contributed by atoms with Crippen molar-refractivity contribution in [2.45, 2.75) is 50.2 Å². The summed E-state index contributed by atoms with van der Waals surface area (Å²) in [6, 6.07) is 17.8. The number of hydrogen-bond acceptors (Lipinski definition) is 2. The van der Waals surface area contributed by atoms with Crippen LogP contribution in [0.5, 0.6) is 0 Å². The van der Waals surface area contributed by atoms with Crippen LogP contribution in [0.2, 0.25) is 5.02 Å². The molecule has 178 valence electrons. The Morgan fingerprint density at radius 1 is 0.971 bits per heavy atom. The molecule has 0 aliphatic heterocycles. The fourth-order valence-corrected chi connectivity index (χ4v) is 4.89. The van der Waals surface area contributed by atoms with Gasteiger partial charge >= 0.3 is 6.18 Å². The fraction of sp³-hybridized carbons (Fsp3) is 0.333. The second-order valence-corrected chi connectivity index (χ2v) is 9.35. The number of halogens is 4. The van der Waals surface area contributed by atoms with Crippen LogP contribution >= 0.6 is 11.6 Å². The summed E-state index contributed by atoms with van der Waals surface area (Å²) in [4.78, 5) is 17.8. The van der Waals surface area contributed by atoms with Gasteiger partial charge < -0.3 is 5.32 Å². The molecule has 34 heavy (non-hydrogen) atoms. The topological polar surface area (TPSA) is 42.0 Å². The Hall–Kier alpha value is -2.86. The average Bonchev–Trinajstić information content (AvgIpc) is 3.32. The van der Waals surface area contributed by atoms with Crippen LogP contribution in [0.15, 0.2) is 72.9 Å². The Kier molecular flexibility index (Phi) is 7.27. The summed E-state index contributed by atoms with van der Waals surface area (Å²) >= 11 is 6.07. The van der Waals surface area contributed by atoms with E-state index in [1.165, 1.54) is 12.3 Å². The van der Waals surface area contributed by atoms with E-state index in [9.17, 15) is 18.0 Å². The minimum absolute atomic E-state index is 0.197. The van der Waals surface area contributed by atoms with Gasteiger partial charge in [-0.05, 0) is 54.2 Å². The molecule has 4 rings (SSSR count). The quantitative estimate of drug-likeness (QED) is 0.393. The number of rotatable bonds is 7. The lowest BCUT2D eigenvalue weighted by molar-refractivity contribution is -0.137. The van der Waals surface area contributed by atoms with Crippen LogP contribution in [0.3, 0.4) is 0 Å². The predicted molar refractivity (Wildman–Crippen MR) is 126 cm³/mol.